The molecule has 0 aliphatic rings. The first-order valence-corrected chi connectivity index (χ1v) is 6.62. The summed E-state index contributed by atoms with van der Waals surface area (Å²) in [7, 11) is 1.50. The predicted molar refractivity (Wildman–Crippen MR) is 79.2 cm³/mol. The van der Waals surface area contributed by atoms with E-state index >= 15 is 0 Å². The van der Waals surface area contributed by atoms with Gasteiger partial charge in [-0.25, -0.2) is 4.79 Å². The van der Waals surface area contributed by atoms with E-state index in [2.05, 4.69) is 0 Å². The first-order valence-electron chi connectivity index (χ1n) is 5.86. The van der Waals surface area contributed by atoms with Crippen molar-refractivity contribution in [3.8, 4) is 5.75 Å². The fraction of sp³-hybridized carbons (Fsp3) is 0.133. The van der Waals surface area contributed by atoms with Crippen LogP contribution in [0.15, 0.2) is 36.4 Å². The number of carbonyl (C=O) groups is 1. The summed E-state index contributed by atoms with van der Waals surface area (Å²) in [6.07, 6.45) is 0.338. The molecule has 0 spiro atoms. The Kier molecular flexibility index (Phi) is 4.53. The van der Waals surface area contributed by atoms with Gasteiger partial charge in [-0.2, -0.15) is 0 Å². The molecule has 0 atom stereocenters. The van der Waals surface area contributed by atoms with Gasteiger partial charge in [-0.1, -0.05) is 41.4 Å². The van der Waals surface area contributed by atoms with Gasteiger partial charge >= 0.3 is 5.97 Å². The highest BCUT2D eigenvalue weighted by Gasteiger charge is 2.16. The summed E-state index contributed by atoms with van der Waals surface area (Å²) in [6.45, 7) is 0. The van der Waals surface area contributed by atoms with Gasteiger partial charge in [0.2, 0.25) is 0 Å². The SMILES string of the molecule is COc1c(Cl)ccc(Cl)c1Cc1ccccc1C(=O)O. The largest absolute Gasteiger partial charge is 0.495 e. The fourth-order valence-corrected chi connectivity index (χ4v) is 2.50. The van der Waals surface area contributed by atoms with E-state index in [1.165, 1.54) is 7.11 Å². The highest BCUT2D eigenvalue weighted by atomic mass is 35.5. The van der Waals surface area contributed by atoms with Crippen molar-refractivity contribution in [2.75, 3.05) is 7.11 Å². The molecule has 0 fully saturated rings. The molecule has 0 aliphatic carbocycles. The maximum atomic E-state index is 11.2. The molecule has 20 heavy (non-hydrogen) atoms. The van der Waals surface area contributed by atoms with E-state index in [0.29, 0.717) is 33.3 Å². The van der Waals surface area contributed by atoms with Crippen molar-refractivity contribution in [3.63, 3.8) is 0 Å². The molecule has 104 valence electrons. The molecule has 2 aromatic carbocycles. The summed E-state index contributed by atoms with van der Waals surface area (Å²) in [4.78, 5) is 11.2. The van der Waals surface area contributed by atoms with E-state index in [1.807, 2.05) is 0 Å². The van der Waals surface area contributed by atoms with Crippen molar-refractivity contribution in [1.82, 2.24) is 0 Å². The van der Waals surface area contributed by atoms with Gasteiger partial charge < -0.3 is 9.84 Å². The number of ether oxygens (including phenoxy) is 1. The molecule has 0 aliphatic heterocycles. The first kappa shape index (κ1) is 14.7. The molecule has 0 saturated carbocycles. The molecular weight excluding hydrogens is 299 g/mol. The second-order valence-corrected chi connectivity index (χ2v) is 4.99. The maximum Gasteiger partial charge on any atom is 0.335 e. The lowest BCUT2D eigenvalue weighted by atomic mass is 9.99. The van der Waals surface area contributed by atoms with E-state index in [4.69, 9.17) is 27.9 Å². The predicted octanol–water partition coefficient (Wildman–Crippen LogP) is 4.29. The van der Waals surface area contributed by atoms with E-state index in [1.54, 1.807) is 36.4 Å². The Balaban J connectivity index is 2.50. The second-order valence-electron chi connectivity index (χ2n) is 4.18. The van der Waals surface area contributed by atoms with Gasteiger partial charge in [0.05, 0.1) is 17.7 Å². The number of rotatable bonds is 4. The molecule has 0 radical (unpaired) electrons. The zero-order valence-corrected chi connectivity index (χ0v) is 12.2. The minimum absolute atomic E-state index is 0.241. The van der Waals surface area contributed by atoms with Crippen molar-refractivity contribution < 1.29 is 14.6 Å². The first-order chi connectivity index (χ1) is 9.54. The van der Waals surface area contributed by atoms with Gasteiger partial charge in [0.25, 0.3) is 0 Å². The van der Waals surface area contributed by atoms with Crippen LogP contribution in [0.1, 0.15) is 21.5 Å². The third kappa shape index (κ3) is 2.89. The van der Waals surface area contributed by atoms with Crippen LogP contribution in [0.4, 0.5) is 0 Å². The Labute approximate surface area is 126 Å². The molecule has 0 aromatic heterocycles. The van der Waals surface area contributed by atoms with Gasteiger partial charge in [-0.15, -0.1) is 0 Å². The minimum atomic E-state index is -0.974. The van der Waals surface area contributed by atoms with Gasteiger partial charge in [0.1, 0.15) is 5.75 Å². The Bertz CT molecular complexity index is 654. The van der Waals surface area contributed by atoms with Crippen LogP contribution in [0.25, 0.3) is 0 Å². The Morgan fingerprint density at radius 1 is 1.15 bits per heavy atom. The van der Waals surface area contributed by atoms with E-state index in [-0.39, 0.29) is 5.56 Å². The van der Waals surface area contributed by atoms with Crippen LogP contribution in [-0.2, 0) is 6.42 Å². The topological polar surface area (TPSA) is 46.5 Å². The quantitative estimate of drug-likeness (QED) is 0.916. The van der Waals surface area contributed by atoms with Crippen LogP contribution in [-0.4, -0.2) is 18.2 Å². The molecule has 0 amide bonds. The summed E-state index contributed by atoms with van der Waals surface area (Å²) in [5.41, 5.74) is 1.57. The molecule has 0 saturated heterocycles. The lowest BCUT2D eigenvalue weighted by Crippen LogP contribution is -2.04. The zero-order valence-electron chi connectivity index (χ0n) is 10.7. The van der Waals surface area contributed by atoms with Crippen molar-refractivity contribution in [1.29, 1.82) is 0 Å². The number of hydrogen-bond acceptors (Lipinski definition) is 2. The monoisotopic (exact) mass is 310 g/mol. The lowest BCUT2D eigenvalue weighted by molar-refractivity contribution is 0.0696. The minimum Gasteiger partial charge on any atom is -0.495 e. The summed E-state index contributed by atoms with van der Waals surface area (Å²) < 4.78 is 5.27. The average Bonchev–Trinajstić information content (AvgIpc) is 2.43. The highest BCUT2D eigenvalue weighted by Crippen LogP contribution is 2.35. The van der Waals surface area contributed by atoms with Gasteiger partial charge in [-0.3, -0.25) is 0 Å². The highest BCUT2D eigenvalue weighted by molar-refractivity contribution is 6.34. The molecule has 0 heterocycles. The Hall–Kier alpha value is -1.71. The fourth-order valence-electron chi connectivity index (χ4n) is 2.03. The summed E-state index contributed by atoms with van der Waals surface area (Å²) in [5.74, 6) is -0.503. The van der Waals surface area contributed by atoms with Crippen LogP contribution in [0.2, 0.25) is 10.0 Å². The van der Waals surface area contributed by atoms with Crippen LogP contribution in [0.5, 0.6) is 5.75 Å². The average molecular weight is 311 g/mol. The van der Waals surface area contributed by atoms with Crippen molar-refractivity contribution >= 4 is 29.2 Å². The number of carboxylic acid groups (broad SMARTS) is 1. The number of aromatic carboxylic acids is 1. The molecule has 1 N–H and O–H groups in total. The summed E-state index contributed by atoms with van der Waals surface area (Å²) >= 11 is 12.2. The van der Waals surface area contributed by atoms with Crippen LogP contribution < -0.4 is 4.74 Å². The molecule has 5 heteroatoms. The van der Waals surface area contributed by atoms with Gasteiger partial charge in [0.15, 0.2) is 0 Å². The molecule has 2 aromatic rings. The smallest absolute Gasteiger partial charge is 0.335 e. The van der Waals surface area contributed by atoms with Gasteiger partial charge in [-0.05, 0) is 23.8 Å². The number of carboxylic acids is 1. The van der Waals surface area contributed by atoms with E-state index < -0.39 is 5.97 Å². The summed E-state index contributed by atoms with van der Waals surface area (Å²) in [5, 5.41) is 10.1. The molecule has 0 unspecified atom stereocenters. The lowest BCUT2D eigenvalue weighted by Gasteiger charge is -2.13. The maximum absolute atomic E-state index is 11.2. The van der Waals surface area contributed by atoms with Crippen LogP contribution in [0, 0.1) is 0 Å². The van der Waals surface area contributed by atoms with E-state index in [0.717, 1.165) is 0 Å². The third-order valence-corrected chi connectivity index (χ3v) is 3.63. The van der Waals surface area contributed by atoms with Crippen LogP contribution in [0.3, 0.4) is 0 Å². The zero-order chi connectivity index (χ0) is 14.7. The molecular formula is C15H12Cl2O3. The van der Waals surface area contributed by atoms with Crippen molar-refractivity contribution in [2.45, 2.75) is 6.42 Å². The van der Waals surface area contributed by atoms with Crippen molar-refractivity contribution in [2.24, 2.45) is 0 Å². The standard InChI is InChI=1S/C15H12Cl2O3/c1-20-14-11(12(16)6-7-13(14)17)8-9-4-2-3-5-10(9)15(18)19/h2-7H,8H2,1H3,(H,18,19). The Morgan fingerprint density at radius 3 is 2.45 bits per heavy atom. The molecule has 2 rings (SSSR count). The normalized spacial score (nSPS) is 10.3. The molecule has 3 nitrogen and oxygen atoms in total. The number of halogens is 2. The number of hydrogen-bond donors (Lipinski definition) is 1. The summed E-state index contributed by atoms with van der Waals surface area (Å²) in [6, 6.07) is 10.1. The number of methoxy groups -OCH3 is 1. The number of benzene rings is 2. The third-order valence-electron chi connectivity index (χ3n) is 2.97. The Morgan fingerprint density at radius 2 is 1.80 bits per heavy atom. The van der Waals surface area contributed by atoms with E-state index in [9.17, 15) is 9.90 Å². The van der Waals surface area contributed by atoms with Crippen LogP contribution >= 0.6 is 23.2 Å². The molecule has 0 bridgehead atoms. The van der Waals surface area contributed by atoms with Gasteiger partial charge in [0, 0.05) is 17.0 Å². The van der Waals surface area contributed by atoms with Crippen molar-refractivity contribution in [3.05, 3.63) is 63.1 Å². The second kappa shape index (κ2) is 6.16.